The standard InChI is InChI=1S/C7H12O.C2H6O/c8-6-7-4-2-1-3-5-7;1-2-3/h6-7H,1-5H2;3H,2H2,1H3. The highest BCUT2D eigenvalue weighted by atomic mass is 16.2. The van der Waals surface area contributed by atoms with Gasteiger partial charge in [-0.2, -0.15) is 0 Å². The lowest BCUT2D eigenvalue weighted by Crippen LogP contribution is -2.06. The predicted molar refractivity (Wildman–Crippen MR) is 45.4 cm³/mol. The summed E-state index contributed by atoms with van der Waals surface area (Å²) < 4.78 is 0. The van der Waals surface area contributed by atoms with E-state index in [2.05, 4.69) is 0 Å². The Bertz CT molecular complexity index is 85.6. The van der Waals surface area contributed by atoms with Crippen LogP contribution in [0.1, 0.15) is 39.0 Å². The molecule has 1 N–H and O–H groups in total. The summed E-state index contributed by atoms with van der Waals surface area (Å²) in [7, 11) is 0. The maximum atomic E-state index is 10.2. The lowest BCUT2D eigenvalue weighted by molar-refractivity contribution is -0.111. The monoisotopic (exact) mass is 158 g/mol. The van der Waals surface area contributed by atoms with Crippen LogP contribution in [0, 0.1) is 5.92 Å². The van der Waals surface area contributed by atoms with Gasteiger partial charge < -0.3 is 9.90 Å². The number of aldehydes is 1. The minimum Gasteiger partial charge on any atom is -0.397 e. The van der Waals surface area contributed by atoms with Crippen LogP contribution < -0.4 is 0 Å². The van der Waals surface area contributed by atoms with Crippen LogP contribution >= 0.6 is 0 Å². The van der Waals surface area contributed by atoms with Gasteiger partial charge in [0.15, 0.2) is 0 Å². The summed E-state index contributed by atoms with van der Waals surface area (Å²) in [5.41, 5.74) is 0. The van der Waals surface area contributed by atoms with Crippen LogP contribution in [-0.4, -0.2) is 18.0 Å². The van der Waals surface area contributed by atoms with Gasteiger partial charge in [-0.15, -0.1) is 0 Å². The Morgan fingerprint density at radius 3 is 2.09 bits per heavy atom. The fraction of sp³-hybridized carbons (Fsp3) is 0.889. The van der Waals surface area contributed by atoms with Crippen molar-refractivity contribution in [2.45, 2.75) is 39.0 Å². The summed E-state index contributed by atoms with van der Waals surface area (Å²) in [4.78, 5) is 10.2. The van der Waals surface area contributed by atoms with E-state index >= 15 is 0 Å². The van der Waals surface area contributed by atoms with Crippen LogP contribution in [0.3, 0.4) is 0 Å². The van der Waals surface area contributed by atoms with Gasteiger partial charge in [-0.05, 0) is 19.8 Å². The average Bonchev–Trinajstić information content (AvgIpc) is 2.08. The molecule has 0 spiro atoms. The largest absolute Gasteiger partial charge is 0.397 e. The zero-order chi connectivity index (χ0) is 8.53. The van der Waals surface area contributed by atoms with Crippen molar-refractivity contribution in [1.29, 1.82) is 0 Å². The molecule has 0 aromatic heterocycles. The lowest BCUT2D eigenvalue weighted by atomic mass is 9.91. The van der Waals surface area contributed by atoms with E-state index in [4.69, 9.17) is 5.11 Å². The first-order valence-corrected chi connectivity index (χ1v) is 4.41. The first-order chi connectivity index (χ1) is 5.35. The van der Waals surface area contributed by atoms with Gasteiger partial charge in [0.05, 0.1) is 0 Å². The molecule has 66 valence electrons. The molecular formula is C9H18O2. The molecular weight excluding hydrogens is 140 g/mol. The molecule has 11 heavy (non-hydrogen) atoms. The van der Waals surface area contributed by atoms with Crippen LogP contribution in [0.25, 0.3) is 0 Å². The van der Waals surface area contributed by atoms with Crippen LogP contribution in [0.15, 0.2) is 0 Å². The van der Waals surface area contributed by atoms with E-state index < -0.39 is 0 Å². The molecule has 1 aliphatic carbocycles. The first-order valence-electron chi connectivity index (χ1n) is 4.41. The van der Waals surface area contributed by atoms with E-state index in [1.165, 1.54) is 19.3 Å². The molecule has 0 unspecified atom stereocenters. The highest BCUT2D eigenvalue weighted by Gasteiger charge is 2.10. The molecule has 0 aliphatic heterocycles. The molecule has 0 saturated heterocycles. The Kier molecular flexibility index (Phi) is 7.47. The third-order valence-electron chi connectivity index (χ3n) is 1.84. The summed E-state index contributed by atoms with van der Waals surface area (Å²) in [6.45, 7) is 1.93. The van der Waals surface area contributed by atoms with Crippen molar-refractivity contribution in [3.8, 4) is 0 Å². The minimum atomic E-state index is 0.250. The quantitative estimate of drug-likeness (QED) is 0.590. The molecule has 1 fully saturated rings. The summed E-state index contributed by atoms with van der Waals surface area (Å²) >= 11 is 0. The fourth-order valence-electron chi connectivity index (χ4n) is 1.27. The molecule has 0 amide bonds. The zero-order valence-corrected chi connectivity index (χ0v) is 7.25. The number of aliphatic hydroxyl groups is 1. The zero-order valence-electron chi connectivity index (χ0n) is 7.25. The van der Waals surface area contributed by atoms with Crippen molar-refractivity contribution < 1.29 is 9.90 Å². The molecule has 0 bridgehead atoms. The highest BCUT2D eigenvalue weighted by Crippen LogP contribution is 2.21. The van der Waals surface area contributed by atoms with E-state index in [-0.39, 0.29) is 6.61 Å². The second-order valence-electron chi connectivity index (χ2n) is 2.85. The van der Waals surface area contributed by atoms with E-state index in [1.54, 1.807) is 6.92 Å². The van der Waals surface area contributed by atoms with E-state index in [1.807, 2.05) is 0 Å². The summed E-state index contributed by atoms with van der Waals surface area (Å²) in [5, 5.41) is 7.57. The number of carbonyl (C=O) groups excluding carboxylic acids is 1. The number of hydrogen-bond acceptors (Lipinski definition) is 2. The molecule has 1 rings (SSSR count). The number of carbonyl (C=O) groups is 1. The van der Waals surface area contributed by atoms with Crippen molar-refractivity contribution in [3.05, 3.63) is 0 Å². The molecule has 1 aliphatic rings. The Balaban J connectivity index is 0.000000292. The fourth-order valence-corrected chi connectivity index (χ4v) is 1.27. The van der Waals surface area contributed by atoms with Crippen LogP contribution in [-0.2, 0) is 4.79 Å². The number of aliphatic hydroxyl groups excluding tert-OH is 1. The molecule has 0 radical (unpaired) electrons. The third kappa shape index (κ3) is 6.05. The van der Waals surface area contributed by atoms with Gasteiger partial charge in [0.2, 0.25) is 0 Å². The molecule has 0 heterocycles. The average molecular weight is 158 g/mol. The SMILES string of the molecule is CCO.O=CC1CCCCC1. The molecule has 2 nitrogen and oxygen atoms in total. The topological polar surface area (TPSA) is 37.3 Å². The van der Waals surface area contributed by atoms with Crippen LogP contribution in [0.4, 0.5) is 0 Å². The van der Waals surface area contributed by atoms with Crippen LogP contribution in [0.5, 0.6) is 0 Å². The Morgan fingerprint density at radius 2 is 1.82 bits per heavy atom. The molecule has 2 heteroatoms. The van der Waals surface area contributed by atoms with Gasteiger partial charge in [-0.3, -0.25) is 0 Å². The molecule has 0 aromatic carbocycles. The second kappa shape index (κ2) is 7.73. The van der Waals surface area contributed by atoms with Crippen molar-refractivity contribution in [2.24, 2.45) is 5.92 Å². The highest BCUT2D eigenvalue weighted by molar-refractivity contribution is 5.53. The second-order valence-corrected chi connectivity index (χ2v) is 2.85. The predicted octanol–water partition coefficient (Wildman–Crippen LogP) is 1.76. The van der Waals surface area contributed by atoms with Gasteiger partial charge in [-0.25, -0.2) is 0 Å². The van der Waals surface area contributed by atoms with Gasteiger partial charge in [0.25, 0.3) is 0 Å². The maximum Gasteiger partial charge on any atom is 0.123 e. The summed E-state index contributed by atoms with van der Waals surface area (Å²) in [6.07, 6.45) is 7.27. The normalized spacial score (nSPS) is 18.4. The van der Waals surface area contributed by atoms with Crippen molar-refractivity contribution in [2.75, 3.05) is 6.61 Å². The maximum absolute atomic E-state index is 10.2. The van der Waals surface area contributed by atoms with Gasteiger partial charge in [0, 0.05) is 12.5 Å². The number of rotatable bonds is 1. The summed E-state index contributed by atoms with van der Waals surface area (Å²) in [5.74, 6) is 0.406. The van der Waals surface area contributed by atoms with Crippen molar-refractivity contribution in [1.82, 2.24) is 0 Å². The van der Waals surface area contributed by atoms with E-state index in [0.29, 0.717) is 5.92 Å². The van der Waals surface area contributed by atoms with Crippen molar-refractivity contribution in [3.63, 3.8) is 0 Å². The molecule has 1 saturated carbocycles. The lowest BCUT2D eigenvalue weighted by Gasteiger charge is -2.14. The van der Waals surface area contributed by atoms with E-state index in [0.717, 1.165) is 19.1 Å². The van der Waals surface area contributed by atoms with E-state index in [9.17, 15) is 4.79 Å². The smallest absolute Gasteiger partial charge is 0.123 e. The summed E-state index contributed by atoms with van der Waals surface area (Å²) in [6, 6.07) is 0. The van der Waals surface area contributed by atoms with Gasteiger partial charge in [0.1, 0.15) is 6.29 Å². The Hall–Kier alpha value is -0.370. The van der Waals surface area contributed by atoms with Gasteiger partial charge >= 0.3 is 0 Å². The Labute approximate surface area is 68.6 Å². The molecule has 0 aromatic rings. The van der Waals surface area contributed by atoms with Crippen LogP contribution in [0.2, 0.25) is 0 Å². The number of hydrogen-bond donors (Lipinski definition) is 1. The molecule has 0 atom stereocenters. The minimum absolute atomic E-state index is 0.250. The first kappa shape index (κ1) is 10.6. The van der Waals surface area contributed by atoms with Gasteiger partial charge in [-0.1, -0.05) is 19.3 Å². The Morgan fingerprint density at radius 1 is 1.36 bits per heavy atom. The van der Waals surface area contributed by atoms with Crippen molar-refractivity contribution >= 4 is 6.29 Å². The third-order valence-corrected chi connectivity index (χ3v) is 1.84.